The predicted molar refractivity (Wildman–Crippen MR) is 162 cm³/mol. The minimum Gasteiger partial charge on any atom is -0.486 e. The van der Waals surface area contributed by atoms with Gasteiger partial charge in [-0.25, -0.2) is 9.18 Å². The maximum absolute atomic E-state index is 14.7. The number of amides is 2. The lowest BCUT2D eigenvalue weighted by molar-refractivity contribution is -0.136. The second kappa shape index (κ2) is 13.1. The first-order valence-electron chi connectivity index (χ1n) is 14.4. The predicted octanol–water partition coefficient (Wildman–Crippen LogP) is 7.39. The van der Waals surface area contributed by atoms with Crippen LogP contribution in [0.1, 0.15) is 42.3 Å². The average Bonchev–Trinajstić information content (AvgIpc) is 3.55. The molecule has 3 heterocycles. The number of aromatic nitrogens is 1. The highest BCUT2D eigenvalue weighted by Gasteiger charge is 2.36. The Hall–Kier alpha value is -5.07. The largest absolute Gasteiger partial charge is 0.486 e. The fourth-order valence-corrected chi connectivity index (χ4v) is 4.87. The van der Waals surface area contributed by atoms with Gasteiger partial charge in [-0.2, -0.15) is 13.2 Å². The van der Waals surface area contributed by atoms with Crippen molar-refractivity contribution in [3.8, 4) is 17.1 Å². The van der Waals surface area contributed by atoms with Crippen LogP contribution in [-0.2, 0) is 17.5 Å². The number of benzene rings is 2. The second-order valence-corrected chi connectivity index (χ2v) is 11.6. The molecule has 9 nitrogen and oxygen atoms in total. The molecule has 0 atom stereocenters. The molecule has 2 aromatic heterocycles. The summed E-state index contributed by atoms with van der Waals surface area (Å²) in [6.07, 6.45) is -0.647. The monoisotopic (exact) mass is 640 g/mol. The molecule has 1 aliphatic rings. The molecule has 1 N–H and O–H groups in total. The summed E-state index contributed by atoms with van der Waals surface area (Å²) >= 11 is 0. The first kappa shape index (κ1) is 32.3. The Kier molecular flexibility index (Phi) is 9.22. The fraction of sp³-hybridized carbons (Fsp3) is 0.303. The highest BCUT2D eigenvalue weighted by Crippen LogP contribution is 2.41. The van der Waals surface area contributed by atoms with E-state index < -0.39 is 40.8 Å². The molecule has 0 bridgehead atoms. The van der Waals surface area contributed by atoms with Crippen LogP contribution in [0.3, 0.4) is 0 Å². The van der Waals surface area contributed by atoms with E-state index in [2.05, 4.69) is 10.3 Å². The van der Waals surface area contributed by atoms with Crippen LogP contribution in [0.2, 0.25) is 0 Å². The smallest absolute Gasteiger partial charge is 0.418 e. The van der Waals surface area contributed by atoms with Crippen LogP contribution in [-0.4, -0.2) is 53.7 Å². The van der Waals surface area contributed by atoms with Gasteiger partial charge in [-0.15, -0.1) is 0 Å². The molecule has 1 aliphatic heterocycles. The topological polar surface area (TPSA) is 97.1 Å². The van der Waals surface area contributed by atoms with Crippen molar-refractivity contribution in [3.05, 3.63) is 95.8 Å². The quantitative estimate of drug-likeness (QED) is 0.211. The molecule has 5 rings (SSSR count). The summed E-state index contributed by atoms with van der Waals surface area (Å²) in [4.78, 5) is 33.1. The molecule has 0 aliphatic carbocycles. The summed E-state index contributed by atoms with van der Waals surface area (Å²) < 4.78 is 73.6. The SMILES string of the molecule is CC(C)(C)OC(=O)N1CCN(c2cccc(C(F)(F)F)c2NC(=O)c2ccc(F)c(OCc3cncc(-c4ccco4)c3)c2)CC1. The van der Waals surface area contributed by atoms with Crippen LogP contribution in [0.15, 0.2) is 77.7 Å². The summed E-state index contributed by atoms with van der Waals surface area (Å²) in [7, 11) is 0. The normalized spacial score (nSPS) is 13.8. The number of halogens is 4. The van der Waals surface area contributed by atoms with Crippen molar-refractivity contribution in [3.63, 3.8) is 0 Å². The van der Waals surface area contributed by atoms with Gasteiger partial charge in [0, 0.05) is 55.3 Å². The van der Waals surface area contributed by atoms with Gasteiger partial charge in [0.1, 0.15) is 18.0 Å². The van der Waals surface area contributed by atoms with Gasteiger partial charge in [-0.05, 0) is 69.3 Å². The summed E-state index contributed by atoms with van der Waals surface area (Å²) in [5.41, 5.74) is -0.885. The molecule has 1 fully saturated rings. The molecule has 0 unspecified atom stereocenters. The van der Waals surface area contributed by atoms with E-state index in [1.165, 1.54) is 29.5 Å². The van der Waals surface area contributed by atoms with Gasteiger partial charge < -0.3 is 29.0 Å². The summed E-state index contributed by atoms with van der Waals surface area (Å²) in [5.74, 6) is -1.33. The molecule has 4 aromatic rings. The molecule has 2 amide bonds. The van der Waals surface area contributed by atoms with Gasteiger partial charge in [0.2, 0.25) is 0 Å². The average molecular weight is 641 g/mol. The lowest BCUT2D eigenvalue weighted by atomic mass is 10.1. The van der Waals surface area contributed by atoms with E-state index in [0.717, 1.165) is 24.3 Å². The molecule has 0 radical (unpaired) electrons. The number of rotatable bonds is 7. The van der Waals surface area contributed by atoms with Crippen LogP contribution in [0, 0.1) is 5.82 Å². The van der Waals surface area contributed by atoms with E-state index in [4.69, 9.17) is 13.9 Å². The number of nitrogens with one attached hydrogen (secondary N) is 1. The first-order valence-corrected chi connectivity index (χ1v) is 14.4. The number of para-hydroxylation sites is 1. The standard InChI is InChI=1S/C33H32F4N4O5/c1-32(2,3)46-31(43)41-13-11-40(12-14-41)26-7-4-6-24(33(35,36)37)29(26)39-30(42)22-9-10-25(34)28(17-22)45-20-21-16-23(19-38-18-21)27-8-5-15-44-27/h4-10,15-19H,11-14,20H2,1-3H3,(H,39,42). The molecule has 1 saturated heterocycles. The molecular weight excluding hydrogens is 608 g/mol. The van der Waals surface area contributed by atoms with Gasteiger partial charge in [-0.3, -0.25) is 9.78 Å². The highest BCUT2D eigenvalue weighted by molar-refractivity contribution is 6.06. The number of hydrogen-bond donors (Lipinski definition) is 1. The Morgan fingerprint density at radius 3 is 2.41 bits per heavy atom. The molecular formula is C33H32F4N4O5. The van der Waals surface area contributed by atoms with Gasteiger partial charge in [0.05, 0.1) is 23.2 Å². The Morgan fingerprint density at radius 2 is 1.74 bits per heavy atom. The molecule has 0 saturated carbocycles. The molecule has 13 heteroatoms. The van der Waals surface area contributed by atoms with Crippen LogP contribution in [0.5, 0.6) is 5.75 Å². The Morgan fingerprint density at radius 1 is 0.978 bits per heavy atom. The lowest BCUT2D eigenvalue weighted by Gasteiger charge is -2.37. The number of anilines is 2. The zero-order chi connectivity index (χ0) is 33.1. The van der Waals surface area contributed by atoms with E-state index in [1.54, 1.807) is 50.1 Å². The van der Waals surface area contributed by atoms with Crippen molar-refractivity contribution in [2.24, 2.45) is 0 Å². The Labute approximate surface area is 262 Å². The maximum Gasteiger partial charge on any atom is 0.418 e. The number of hydrogen-bond acceptors (Lipinski definition) is 7. The summed E-state index contributed by atoms with van der Waals surface area (Å²) in [6, 6.07) is 12.1. The molecule has 242 valence electrons. The maximum atomic E-state index is 14.7. The number of alkyl halides is 3. The van der Waals surface area contributed by atoms with Crippen molar-refractivity contribution >= 4 is 23.4 Å². The zero-order valence-electron chi connectivity index (χ0n) is 25.4. The third-order valence-corrected chi connectivity index (χ3v) is 7.05. The minimum absolute atomic E-state index is 0.0974. The van der Waals surface area contributed by atoms with Gasteiger partial charge in [0.15, 0.2) is 11.6 Å². The van der Waals surface area contributed by atoms with E-state index in [1.807, 2.05) is 0 Å². The molecule has 0 spiro atoms. The van der Waals surface area contributed by atoms with Crippen molar-refractivity contribution < 1.29 is 41.0 Å². The molecule has 46 heavy (non-hydrogen) atoms. The number of piperazine rings is 1. The highest BCUT2D eigenvalue weighted by atomic mass is 19.4. The number of carbonyl (C=O) groups is 2. The van der Waals surface area contributed by atoms with E-state index >= 15 is 0 Å². The number of furan rings is 1. The van der Waals surface area contributed by atoms with Crippen LogP contribution < -0.4 is 15.0 Å². The third kappa shape index (κ3) is 7.76. The zero-order valence-corrected chi connectivity index (χ0v) is 25.4. The van der Waals surface area contributed by atoms with Crippen LogP contribution >= 0.6 is 0 Å². The van der Waals surface area contributed by atoms with E-state index in [-0.39, 0.29) is 49.8 Å². The van der Waals surface area contributed by atoms with Crippen molar-refractivity contribution in [2.45, 2.75) is 39.2 Å². The van der Waals surface area contributed by atoms with Crippen molar-refractivity contribution in [2.75, 3.05) is 36.4 Å². The van der Waals surface area contributed by atoms with Gasteiger partial charge in [0.25, 0.3) is 5.91 Å². The second-order valence-electron chi connectivity index (χ2n) is 11.6. The van der Waals surface area contributed by atoms with Crippen LogP contribution in [0.25, 0.3) is 11.3 Å². The van der Waals surface area contributed by atoms with Gasteiger partial charge in [-0.1, -0.05) is 6.07 Å². The lowest BCUT2D eigenvalue weighted by Crippen LogP contribution is -2.50. The Bertz CT molecular complexity index is 1700. The number of ether oxygens (including phenoxy) is 2. The number of nitrogens with zero attached hydrogens (tertiary/aromatic N) is 3. The Balaban J connectivity index is 1.33. The van der Waals surface area contributed by atoms with E-state index in [0.29, 0.717) is 16.9 Å². The van der Waals surface area contributed by atoms with E-state index in [9.17, 15) is 27.2 Å². The summed E-state index contributed by atoms with van der Waals surface area (Å²) in [6.45, 7) is 5.95. The summed E-state index contributed by atoms with van der Waals surface area (Å²) in [5, 5.41) is 2.40. The fourth-order valence-electron chi connectivity index (χ4n) is 4.87. The van der Waals surface area contributed by atoms with Gasteiger partial charge >= 0.3 is 12.3 Å². The first-order chi connectivity index (χ1) is 21.8. The number of pyridine rings is 1. The third-order valence-electron chi connectivity index (χ3n) is 7.05. The molecule has 2 aromatic carbocycles. The minimum atomic E-state index is -4.79. The van der Waals surface area contributed by atoms with Crippen LogP contribution in [0.4, 0.5) is 33.7 Å². The van der Waals surface area contributed by atoms with Crippen molar-refractivity contribution in [1.29, 1.82) is 0 Å². The number of carbonyl (C=O) groups excluding carboxylic acids is 2. The van der Waals surface area contributed by atoms with Crippen molar-refractivity contribution in [1.82, 2.24) is 9.88 Å².